The summed E-state index contributed by atoms with van der Waals surface area (Å²) in [6, 6.07) is 15.5. The highest BCUT2D eigenvalue weighted by Gasteiger charge is 2.29. The summed E-state index contributed by atoms with van der Waals surface area (Å²) in [5.74, 6) is -1.82. The largest absolute Gasteiger partial charge is 0.481 e. The van der Waals surface area contributed by atoms with Crippen LogP contribution in [0.1, 0.15) is 56.6 Å². The Morgan fingerprint density at radius 2 is 1.61 bits per heavy atom. The number of carboxylic acids is 1. The molecule has 0 saturated heterocycles. The minimum Gasteiger partial charge on any atom is -0.481 e. The van der Waals surface area contributed by atoms with Crippen molar-refractivity contribution >= 4 is 18.0 Å². The van der Waals surface area contributed by atoms with Crippen molar-refractivity contribution in [3.8, 4) is 11.1 Å². The topological polar surface area (TPSA) is 105 Å². The maximum Gasteiger partial charge on any atom is 0.407 e. The maximum atomic E-state index is 12.6. The molecule has 176 valence electrons. The fourth-order valence-electron chi connectivity index (χ4n) is 4.12. The van der Waals surface area contributed by atoms with E-state index in [4.69, 9.17) is 9.84 Å². The van der Waals surface area contributed by atoms with Crippen molar-refractivity contribution in [3.63, 3.8) is 0 Å². The van der Waals surface area contributed by atoms with Crippen LogP contribution in [-0.4, -0.2) is 42.3 Å². The number of unbranched alkanes of at least 4 members (excludes halogenated alkanes) is 1. The van der Waals surface area contributed by atoms with Gasteiger partial charge in [0.1, 0.15) is 12.6 Å². The molecule has 33 heavy (non-hydrogen) atoms. The molecule has 0 aliphatic heterocycles. The molecule has 0 aromatic heterocycles. The SMILES string of the molecule is CCCCC(NC(=O)OCC1c2ccccc2-c2ccccc21)C(=O)NCCC(C)C(=O)O. The van der Waals surface area contributed by atoms with Crippen molar-refractivity contribution in [2.45, 2.75) is 51.5 Å². The first-order valence-electron chi connectivity index (χ1n) is 11.5. The van der Waals surface area contributed by atoms with E-state index < -0.39 is 24.0 Å². The van der Waals surface area contributed by atoms with Crippen molar-refractivity contribution in [2.75, 3.05) is 13.2 Å². The van der Waals surface area contributed by atoms with Crippen LogP contribution in [0, 0.1) is 5.92 Å². The number of carbonyl (C=O) groups excluding carboxylic acids is 2. The van der Waals surface area contributed by atoms with Gasteiger partial charge in [0.25, 0.3) is 0 Å². The van der Waals surface area contributed by atoms with Crippen LogP contribution in [-0.2, 0) is 14.3 Å². The van der Waals surface area contributed by atoms with Gasteiger partial charge in [0, 0.05) is 12.5 Å². The van der Waals surface area contributed by atoms with Crippen molar-refractivity contribution in [1.82, 2.24) is 10.6 Å². The summed E-state index contributed by atoms with van der Waals surface area (Å²) >= 11 is 0. The number of amides is 2. The van der Waals surface area contributed by atoms with Crippen molar-refractivity contribution in [2.24, 2.45) is 5.92 Å². The van der Waals surface area contributed by atoms with Crippen LogP contribution in [0.3, 0.4) is 0 Å². The second-order valence-corrected chi connectivity index (χ2v) is 8.48. The van der Waals surface area contributed by atoms with Crippen LogP contribution < -0.4 is 10.6 Å². The monoisotopic (exact) mass is 452 g/mol. The van der Waals surface area contributed by atoms with E-state index in [1.54, 1.807) is 6.92 Å². The minimum absolute atomic E-state index is 0.0522. The number of nitrogens with one attached hydrogen (secondary N) is 2. The predicted octanol–water partition coefficient (Wildman–Crippen LogP) is 4.31. The van der Waals surface area contributed by atoms with Gasteiger partial charge >= 0.3 is 12.1 Å². The van der Waals surface area contributed by atoms with Gasteiger partial charge in [-0.05, 0) is 35.1 Å². The highest BCUT2D eigenvalue weighted by atomic mass is 16.5. The molecule has 0 radical (unpaired) electrons. The van der Waals surface area contributed by atoms with Crippen molar-refractivity contribution in [3.05, 3.63) is 59.7 Å². The number of aliphatic carboxylic acids is 1. The summed E-state index contributed by atoms with van der Waals surface area (Å²) in [5.41, 5.74) is 4.55. The summed E-state index contributed by atoms with van der Waals surface area (Å²) < 4.78 is 5.57. The van der Waals surface area contributed by atoms with E-state index in [0.29, 0.717) is 12.8 Å². The smallest absolute Gasteiger partial charge is 0.407 e. The van der Waals surface area contributed by atoms with Gasteiger partial charge in [-0.1, -0.05) is 75.2 Å². The fraction of sp³-hybridized carbons (Fsp3) is 0.423. The van der Waals surface area contributed by atoms with Crippen LogP contribution in [0.5, 0.6) is 0 Å². The standard InChI is InChI=1S/C26H32N2O5/c1-3-4-13-23(24(29)27-15-14-17(2)25(30)31)28-26(32)33-16-22-20-11-7-5-9-18(20)19-10-6-8-12-21(19)22/h5-12,17,22-23H,3-4,13-16H2,1-2H3,(H,27,29)(H,28,32)(H,30,31). The average molecular weight is 453 g/mol. The number of hydrogen-bond donors (Lipinski definition) is 3. The molecule has 0 saturated carbocycles. The Balaban J connectivity index is 1.58. The zero-order valence-corrected chi connectivity index (χ0v) is 19.2. The molecule has 7 heteroatoms. The molecule has 2 aromatic rings. The molecule has 3 rings (SSSR count). The van der Waals surface area contributed by atoms with E-state index in [1.807, 2.05) is 31.2 Å². The third-order valence-electron chi connectivity index (χ3n) is 6.10. The summed E-state index contributed by atoms with van der Waals surface area (Å²) in [5, 5.41) is 14.4. The summed E-state index contributed by atoms with van der Waals surface area (Å²) in [6.07, 6.45) is 1.83. The molecule has 2 unspecified atom stereocenters. The summed E-state index contributed by atoms with van der Waals surface area (Å²) in [4.78, 5) is 36.1. The number of rotatable bonds is 11. The Morgan fingerprint density at radius 1 is 1.00 bits per heavy atom. The molecule has 7 nitrogen and oxygen atoms in total. The Morgan fingerprint density at radius 3 is 2.18 bits per heavy atom. The summed E-state index contributed by atoms with van der Waals surface area (Å²) in [6.45, 7) is 4.02. The molecule has 2 amide bonds. The Kier molecular flexibility index (Phi) is 8.46. The molecule has 1 aliphatic rings. The lowest BCUT2D eigenvalue weighted by Crippen LogP contribution is -2.47. The van der Waals surface area contributed by atoms with Gasteiger partial charge in [-0.15, -0.1) is 0 Å². The van der Waals surface area contributed by atoms with Gasteiger partial charge in [0.15, 0.2) is 0 Å². The maximum absolute atomic E-state index is 12.6. The van der Waals surface area contributed by atoms with Crippen LogP contribution in [0.2, 0.25) is 0 Å². The molecular weight excluding hydrogens is 420 g/mol. The van der Waals surface area contributed by atoms with E-state index in [-0.39, 0.29) is 25.0 Å². The number of carboxylic acid groups (broad SMARTS) is 1. The minimum atomic E-state index is -0.899. The van der Waals surface area contributed by atoms with E-state index in [9.17, 15) is 14.4 Å². The van der Waals surface area contributed by atoms with Gasteiger partial charge in [0.2, 0.25) is 5.91 Å². The lowest BCUT2D eigenvalue weighted by atomic mass is 9.98. The number of fused-ring (bicyclic) bond motifs is 3. The molecular formula is C26H32N2O5. The third kappa shape index (κ3) is 6.12. The lowest BCUT2D eigenvalue weighted by Gasteiger charge is -2.20. The number of carbonyl (C=O) groups is 3. The fourth-order valence-corrected chi connectivity index (χ4v) is 4.12. The molecule has 3 N–H and O–H groups in total. The number of ether oxygens (including phenoxy) is 1. The number of benzene rings is 2. The number of hydrogen-bond acceptors (Lipinski definition) is 4. The average Bonchev–Trinajstić information content (AvgIpc) is 3.13. The normalized spacial score (nSPS) is 14.0. The predicted molar refractivity (Wildman–Crippen MR) is 126 cm³/mol. The molecule has 0 fully saturated rings. The van der Waals surface area contributed by atoms with Gasteiger partial charge in [-0.2, -0.15) is 0 Å². The van der Waals surface area contributed by atoms with Crippen LogP contribution >= 0.6 is 0 Å². The number of alkyl carbamates (subject to hydrolysis) is 1. The first kappa shape index (κ1) is 24.3. The van der Waals surface area contributed by atoms with Crippen LogP contribution in [0.4, 0.5) is 4.79 Å². The molecule has 0 bridgehead atoms. The van der Waals surface area contributed by atoms with Gasteiger partial charge in [0.05, 0.1) is 5.92 Å². The molecule has 2 atom stereocenters. The van der Waals surface area contributed by atoms with Gasteiger partial charge in [-0.25, -0.2) is 4.79 Å². The zero-order valence-electron chi connectivity index (χ0n) is 19.2. The molecule has 2 aromatic carbocycles. The van der Waals surface area contributed by atoms with E-state index in [0.717, 1.165) is 35.1 Å². The van der Waals surface area contributed by atoms with Gasteiger partial charge in [-0.3, -0.25) is 9.59 Å². The van der Waals surface area contributed by atoms with Crippen molar-refractivity contribution in [1.29, 1.82) is 0 Å². The molecule has 0 heterocycles. The van der Waals surface area contributed by atoms with E-state index >= 15 is 0 Å². The van der Waals surface area contributed by atoms with Crippen LogP contribution in [0.25, 0.3) is 11.1 Å². The van der Waals surface area contributed by atoms with Crippen molar-refractivity contribution < 1.29 is 24.2 Å². The third-order valence-corrected chi connectivity index (χ3v) is 6.10. The lowest BCUT2D eigenvalue weighted by molar-refractivity contribution is -0.141. The first-order chi connectivity index (χ1) is 15.9. The quantitative estimate of drug-likeness (QED) is 0.471. The summed E-state index contributed by atoms with van der Waals surface area (Å²) in [7, 11) is 0. The highest BCUT2D eigenvalue weighted by Crippen LogP contribution is 2.44. The Bertz CT molecular complexity index is 945. The van der Waals surface area contributed by atoms with Gasteiger partial charge < -0.3 is 20.5 Å². The Labute approximate surface area is 194 Å². The first-order valence-corrected chi connectivity index (χ1v) is 11.5. The second-order valence-electron chi connectivity index (χ2n) is 8.48. The second kappa shape index (κ2) is 11.5. The molecule has 0 spiro atoms. The van der Waals surface area contributed by atoms with Crippen LogP contribution in [0.15, 0.2) is 48.5 Å². The van der Waals surface area contributed by atoms with E-state index in [1.165, 1.54) is 0 Å². The highest BCUT2D eigenvalue weighted by molar-refractivity contribution is 5.85. The Hall–Kier alpha value is -3.35. The zero-order chi connectivity index (χ0) is 23.8. The molecule has 1 aliphatic carbocycles. The van der Waals surface area contributed by atoms with E-state index in [2.05, 4.69) is 34.9 Å².